The van der Waals surface area contributed by atoms with Gasteiger partial charge in [-0.15, -0.1) is 0 Å². The Labute approximate surface area is 119 Å². The number of aromatic nitrogens is 2. The predicted octanol–water partition coefficient (Wildman–Crippen LogP) is 3.60. The molecule has 0 spiro atoms. The molecule has 0 radical (unpaired) electrons. The molecule has 4 aromatic rings. The fourth-order valence-corrected chi connectivity index (χ4v) is 3.01. The lowest BCUT2D eigenvalue weighted by Gasteiger charge is -2.08. The molecule has 0 saturated carbocycles. The van der Waals surface area contributed by atoms with Crippen molar-refractivity contribution in [2.24, 2.45) is 7.05 Å². The first kappa shape index (κ1) is 11.6. The normalized spacial score (nSPS) is 11.7. The van der Waals surface area contributed by atoms with Crippen LogP contribution in [0.3, 0.4) is 0 Å². The van der Waals surface area contributed by atoms with E-state index in [-0.39, 0.29) is 5.56 Å². The van der Waals surface area contributed by atoms with E-state index in [1.54, 1.807) is 17.7 Å². The van der Waals surface area contributed by atoms with Gasteiger partial charge in [-0.25, -0.2) is 0 Å². The van der Waals surface area contributed by atoms with Gasteiger partial charge in [0.2, 0.25) is 0 Å². The highest BCUT2D eigenvalue weighted by molar-refractivity contribution is 6.31. The van der Waals surface area contributed by atoms with Crippen molar-refractivity contribution >= 4 is 38.9 Å². The van der Waals surface area contributed by atoms with Crippen molar-refractivity contribution in [2.75, 3.05) is 0 Å². The summed E-state index contributed by atoms with van der Waals surface area (Å²) in [5.74, 6) is 0. The third kappa shape index (κ3) is 1.38. The first-order valence-electron chi connectivity index (χ1n) is 6.35. The van der Waals surface area contributed by atoms with Gasteiger partial charge in [-0.05, 0) is 18.2 Å². The maximum atomic E-state index is 12.5. The van der Waals surface area contributed by atoms with E-state index in [1.165, 1.54) is 0 Å². The zero-order valence-corrected chi connectivity index (χ0v) is 11.6. The summed E-state index contributed by atoms with van der Waals surface area (Å²) >= 11 is 6.02. The monoisotopic (exact) mass is 282 g/mol. The highest BCUT2D eigenvalue weighted by Crippen LogP contribution is 2.25. The Bertz CT molecular complexity index is 1040. The van der Waals surface area contributed by atoms with Crippen LogP contribution >= 0.6 is 11.6 Å². The molecule has 0 N–H and O–H groups in total. The maximum absolute atomic E-state index is 12.5. The van der Waals surface area contributed by atoms with Crippen molar-refractivity contribution < 1.29 is 0 Å². The summed E-state index contributed by atoms with van der Waals surface area (Å²) in [7, 11) is 1.80. The van der Waals surface area contributed by atoms with Crippen LogP contribution in [-0.4, -0.2) is 8.97 Å². The second-order valence-corrected chi connectivity index (χ2v) is 5.37. The Balaban J connectivity index is 2.41. The smallest absolute Gasteiger partial charge is 0.261 e. The molecule has 0 aliphatic rings. The maximum Gasteiger partial charge on any atom is 0.261 e. The van der Waals surface area contributed by atoms with Crippen LogP contribution in [0.15, 0.2) is 53.5 Å². The number of hydrogen-bond donors (Lipinski definition) is 0. The van der Waals surface area contributed by atoms with E-state index in [4.69, 9.17) is 11.6 Å². The molecule has 0 aliphatic heterocycles. The molecular weight excluding hydrogens is 272 g/mol. The minimum absolute atomic E-state index is 0.0288. The van der Waals surface area contributed by atoms with Crippen LogP contribution in [0.1, 0.15) is 0 Å². The summed E-state index contributed by atoms with van der Waals surface area (Å²) in [4.78, 5) is 12.5. The highest BCUT2D eigenvalue weighted by atomic mass is 35.5. The molecule has 0 aliphatic carbocycles. The van der Waals surface area contributed by atoms with Crippen LogP contribution < -0.4 is 5.56 Å². The van der Waals surface area contributed by atoms with Gasteiger partial charge in [-0.3, -0.25) is 9.36 Å². The topological polar surface area (TPSA) is 26.4 Å². The molecule has 98 valence electrons. The Hall–Kier alpha value is -2.26. The van der Waals surface area contributed by atoms with E-state index in [1.807, 2.05) is 30.3 Å². The molecule has 4 rings (SSSR count). The molecule has 0 bridgehead atoms. The van der Waals surface area contributed by atoms with Crippen molar-refractivity contribution in [3.05, 3.63) is 64.0 Å². The highest BCUT2D eigenvalue weighted by Gasteiger charge is 2.12. The molecule has 2 aromatic carbocycles. The lowest BCUT2D eigenvalue weighted by molar-refractivity contribution is 0.885. The average Bonchev–Trinajstić information content (AvgIpc) is 2.84. The molecule has 0 atom stereocenters. The van der Waals surface area contributed by atoms with E-state index in [0.29, 0.717) is 10.4 Å². The summed E-state index contributed by atoms with van der Waals surface area (Å²) in [5, 5.41) is 3.40. The van der Waals surface area contributed by atoms with Gasteiger partial charge in [0.25, 0.3) is 5.56 Å². The summed E-state index contributed by atoms with van der Waals surface area (Å²) in [6, 6.07) is 13.5. The minimum atomic E-state index is -0.0288. The fraction of sp³-hybridized carbons (Fsp3) is 0.0625. The molecule has 4 heteroatoms. The molecule has 2 heterocycles. The number of aryl methyl sites for hydroxylation is 1. The first-order valence-corrected chi connectivity index (χ1v) is 6.72. The van der Waals surface area contributed by atoms with Crippen molar-refractivity contribution in [3.63, 3.8) is 0 Å². The van der Waals surface area contributed by atoms with Crippen molar-refractivity contribution in [3.8, 4) is 0 Å². The first-order chi connectivity index (χ1) is 9.66. The van der Waals surface area contributed by atoms with Crippen LogP contribution in [0.5, 0.6) is 0 Å². The van der Waals surface area contributed by atoms with Gasteiger partial charge < -0.3 is 4.40 Å². The number of hydrogen-bond acceptors (Lipinski definition) is 1. The van der Waals surface area contributed by atoms with Crippen LogP contribution in [0.4, 0.5) is 0 Å². The summed E-state index contributed by atoms with van der Waals surface area (Å²) in [6.45, 7) is 0. The lowest BCUT2D eigenvalue weighted by atomic mass is 10.2. The van der Waals surface area contributed by atoms with Crippen LogP contribution in [0, 0.1) is 0 Å². The largest absolute Gasteiger partial charge is 0.301 e. The van der Waals surface area contributed by atoms with Crippen LogP contribution in [0.25, 0.3) is 27.3 Å². The molecular formula is C16H11ClN2O. The Morgan fingerprint density at radius 1 is 1.05 bits per heavy atom. The predicted molar refractivity (Wildman–Crippen MR) is 82.7 cm³/mol. The number of rotatable bonds is 0. The fourth-order valence-electron chi connectivity index (χ4n) is 2.84. The quantitative estimate of drug-likeness (QED) is 0.484. The SMILES string of the molecule is Cn1c(=O)c2cc(Cl)ccc2n2cc3ccccc3c12. The number of fused-ring (bicyclic) bond motifs is 5. The number of halogens is 1. The second kappa shape index (κ2) is 3.87. The van der Waals surface area contributed by atoms with E-state index in [2.05, 4.69) is 16.7 Å². The van der Waals surface area contributed by atoms with Crippen molar-refractivity contribution in [1.29, 1.82) is 0 Å². The van der Waals surface area contributed by atoms with Gasteiger partial charge >= 0.3 is 0 Å². The molecule has 3 nitrogen and oxygen atoms in total. The van der Waals surface area contributed by atoms with Gasteiger partial charge in [0.15, 0.2) is 0 Å². The summed E-state index contributed by atoms with van der Waals surface area (Å²) in [5.41, 5.74) is 1.75. The van der Waals surface area contributed by atoms with Crippen molar-refractivity contribution in [2.45, 2.75) is 0 Å². The van der Waals surface area contributed by atoms with Crippen LogP contribution in [-0.2, 0) is 7.05 Å². The van der Waals surface area contributed by atoms with Gasteiger partial charge in [0, 0.05) is 29.0 Å². The minimum Gasteiger partial charge on any atom is -0.301 e. The third-order valence-electron chi connectivity index (χ3n) is 3.77. The zero-order valence-electron chi connectivity index (χ0n) is 10.8. The average molecular weight is 283 g/mol. The molecule has 0 fully saturated rings. The third-order valence-corrected chi connectivity index (χ3v) is 4.00. The Morgan fingerprint density at radius 3 is 2.70 bits per heavy atom. The number of nitrogens with zero attached hydrogens (tertiary/aromatic N) is 2. The van der Waals surface area contributed by atoms with E-state index in [9.17, 15) is 4.79 Å². The van der Waals surface area contributed by atoms with E-state index < -0.39 is 0 Å². The zero-order chi connectivity index (χ0) is 13.9. The van der Waals surface area contributed by atoms with Gasteiger partial charge in [-0.1, -0.05) is 35.9 Å². The van der Waals surface area contributed by atoms with Crippen LogP contribution in [0.2, 0.25) is 5.02 Å². The Kier molecular flexibility index (Phi) is 2.24. The second-order valence-electron chi connectivity index (χ2n) is 4.94. The van der Waals surface area contributed by atoms with Gasteiger partial charge in [-0.2, -0.15) is 0 Å². The Morgan fingerprint density at radius 2 is 1.85 bits per heavy atom. The molecule has 20 heavy (non-hydrogen) atoms. The summed E-state index contributed by atoms with van der Waals surface area (Å²) in [6.07, 6.45) is 2.06. The van der Waals surface area contributed by atoms with Crippen molar-refractivity contribution in [1.82, 2.24) is 8.97 Å². The van der Waals surface area contributed by atoms with E-state index in [0.717, 1.165) is 21.9 Å². The molecule has 0 saturated heterocycles. The molecule has 0 amide bonds. The standard InChI is InChI=1S/C16H11ClN2O/c1-18-15-12-5-3-2-4-10(12)9-19(15)14-7-6-11(17)8-13(14)16(18)20/h2-9H,1H3. The van der Waals surface area contributed by atoms with Gasteiger partial charge in [0.05, 0.1) is 10.9 Å². The molecule has 0 unspecified atom stereocenters. The van der Waals surface area contributed by atoms with Gasteiger partial charge in [0.1, 0.15) is 5.65 Å². The number of benzene rings is 2. The lowest BCUT2D eigenvalue weighted by Crippen LogP contribution is -2.19. The van der Waals surface area contributed by atoms with E-state index >= 15 is 0 Å². The summed E-state index contributed by atoms with van der Waals surface area (Å²) < 4.78 is 3.73. The molecule has 2 aromatic heterocycles.